The second-order valence-electron chi connectivity index (χ2n) is 27.1. The Balaban J connectivity index is 0.00000736. The van der Waals surface area contributed by atoms with Crippen LogP contribution in [0.1, 0.15) is 129 Å². The first kappa shape index (κ1) is 58.2. The summed E-state index contributed by atoms with van der Waals surface area (Å²) in [5.74, 6) is 0.863. The molecule has 0 bridgehead atoms. The molecule has 0 atom stereocenters. The van der Waals surface area contributed by atoms with Crippen molar-refractivity contribution in [3.63, 3.8) is 0 Å². The molecule has 12 rings (SSSR count). The minimum atomic E-state index is -3.29. The van der Waals surface area contributed by atoms with Crippen molar-refractivity contribution >= 4 is 73.4 Å². The number of hydrogen-bond donors (Lipinski definition) is 0. The van der Waals surface area contributed by atoms with Gasteiger partial charge in [0.05, 0.1) is 0 Å². The van der Waals surface area contributed by atoms with Gasteiger partial charge in [0.15, 0.2) is 0 Å². The van der Waals surface area contributed by atoms with Crippen LogP contribution in [0.3, 0.4) is 0 Å². The van der Waals surface area contributed by atoms with Crippen molar-refractivity contribution in [1.82, 2.24) is 9.55 Å². The molecule has 0 fully saturated rings. The fourth-order valence-electron chi connectivity index (χ4n) is 12.5. The molecule has 0 radical (unpaired) electrons. The van der Waals surface area contributed by atoms with Gasteiger partial charge in [-0.25, -0.2) is 4.98 Å². The van der Waals surface area contributed by atoms with E-state index in [0.29, 0.717) is 0 Å². The number of benzene rings is 9. The van der Waals surface area contributed by atoms with E-state index < -0.39 is 8.07 Å². The maximum atomic E-state index is 5.30. The Bertz CT molecular complexity index is 4120. The molecular weight excluding hydrogens is 1220 g/mol. The second kappa shape index (κ2) is 21.8. The molecule has 3 heterocycles. The van der Waals surface area contributed by atoms with Gasteiger partial charge in [0.2, 0.25) is 0 Å². The summed E-state index contributed by atoms with van der Waals surface area (Å²) in [5.41, 5.74) is 14.8. The van der Waals surface area contributed by atoms with Gasteiger partial charge in [0.25, 0.3) is 0 Å². The first-order valence-corrected chi connectivity index (χ1v) is 31.5. The van der Waals surface area contributed by atoms with Crippen molar-refractivity contribution in [2.24, 2.45) is 0 Å². The minimum absolute atomic E-state index is 0. The summed E-state index contributed by atoms with van der Waals surface area (Å²) in [6.45, 7) is 32.4. The Hall–Kier alpha value is -7.56. The predicted molar refractivity (Wildman–Crippen MR) is 355 cm³/mol. The summed E-state index contributed by atoms with van der Waals surface area (Å²) in [6.07, 6.45) is 2.00. The van der Waals surface area contributed by atoms with Crippen LogP contribution in [0.15, 0.2) is 225 Å². The number of pyridine rings is 1. The number of anilines is 4. The molecule has 4 nitrogen and oxygen atoms in total. The molecule has 1 aliphatic heterocycles. The van der Waals surface area contributed by atoms with Crippen LogP contribution in [0.4, 0.5) is 22.7 Å². The second-order valence-corrected chi connectivity index (χ2v) is 30.8. The van der Waals surface area contributed by atoms with E-state index >= 15 is 0 Å². The molecule has 1 aliphatic rings. The molecule has 9 aromatic carbocycles. The molecule has 0 amide bonds. The number of hydrogen-bond acceptors (Lipinski definition) is 3. The molecule has 0 saturated heterocycles. The third-order valence-electron chi connectivity index (χ3n) is 17.9. The smallest absolute Gasteiger partial charge is 0.135 e. The van der Waals surface area contributed by atoms with Crippen molar-refractivity contribution in [3.05, 3.63) is 282 Å². The van der Waals surface area contributed by atoms with Crippen molar-refractivity contribution in [1.29, 1.82) is 0 Å². The maximum Gasteiger partial charge on any atom is 0.135 e. The van der Waals surface area contributed by atoms with Gasteiger partial charge in [-0.3, -0.25) is 0 Å². The van der Waals surface area contributed by atoms with Gasteiger partial charge in [-0.2, -0.15) is 52.8 Å². The Morgan fingerprint density at radius 2 is 0.893 bits per heavy atom. The third-order valence-corrected chi connectivity index (χ3v) is 22.5. The van der Waals surface area contributed by atoms with Crippen LogP contribution in [0.2, 0.25) is 0 Å². The topological polar surface area (TPSA) is 24.3 Å². The van der Waals surface area contributed by atoms with E-state index in [1.165, 1.54) is 54.7 Å². The monoisotopic (exact) mass is 1290 g/mol. The first-order valence-electron chi connectivity index (χ1n) is 29.5. The molecule has 426 valence electrons. The fourth-order valence-corrected chi connectivity index (χ4v) is 17.1. The fraction of sp³-hybridized carbons (Fsp3) is 0.231. The van der Waals surface area contributed by atoms with Gasteiger partial charge in [-0.15, -0.1) is 17.7 Å². The molecule has 0 saturated carbocycles. The van der Waals surface area contributed by atoms with Gasteiger partial charge >= 0.3 is 0 Å². The molecule has 0 unspecified atom stereocenters. The summed E-state index contributed by atoms with van der Waals surface area (Å²) < 4.78 is 2.39. The zero-order valence-corrected chi connectivity index (χ0v) is 54.3. The summed E-state index contributed by atoms with van der Waals surface area (Å²) in [4.78, 5) is 10.0. The SMILES string of the molecule is CC(C)(C)c1cc(N2[CH-]N(c3[c-]c([Si](c4[c-]c5c(cc4)c4cc(C(C)(C)c6ccccc6)ccc4n5-c4cc(C(C)(C)c5cccc(C(C)(C)C)c5)ccn4)(c4ccccc4)c4ccccc4)ccc3)c3ccccc32)cc(C(C)(C)C)c1.[Pt]. The summed E-state index contributed by atoms with van der Waals surface area (Å²) in [5, 5.41) is 7.10. The number of aromatic nitrogens is 2. The van der Waals surface area contributed by atoms with E-state index in [9.17, 15) is 0 Å². The van der Waals surface area contributed by atoms with Gasteiger partial charge < -0.3 is 14.4 Å². The average molecular weight is 1290 g/mol. The van der Waals surface area contributed by atoms with Crippen LogP contribution >= 0.6 is 0 Å². The molecule has 84 heavy (non-hydrogen) atoms. The predicted octanol–water partition coefficient (Wildman–Crippen LogP) is 17.1. The van der Waals surface area contributed by atoms with Crippen LogP contribution in [0, 0.1) is 18.8 Å². The van der Waals surface area contributed by atoms with Gasteiger partial charge in [0, 0.05) is 60.7 Å². The van der Waals surface area contributed by atoms with Crippen LogP contribution in [0.5, 0.6) is 0 Å². The largest absolute Gasteiger partial charge is 0.493 e. The van der Waals surface area contributed by atoms with E-state index in [-0.39, 0.29) is 48.1 Å². The Morgan fingerprint density at radius 3 is 1.51 bits per heavy atom. The molecule has 11 aromatic rings. The quantitative estimate of drug-likeness (QED) is 0.0733. The Morgan fingerprint density at radius 1 is 0.393 bits per heavy atom. The first-order chi connectivity index (χ1) is 39.5. The summed E-state index contributed by atoms with van der Waals surface area (Å²) in [7, 11) is -3.29. The number of rotatable bonds is 11. The summed E-state index contributed by atoms with van der Waals surface area (Å²) in [6, 6.07) is 90.0. The van der Waals surface area contributed by atoms with Crippen molar-refractivity contribution in [3.8, 4) is 5.82 Å². The maximum absolute atomic E-state index is 5.30. The Kier molecular flexibility index (Phi) is 15.1. The number of nitrogens with zero attached hydrogens (tertiary/aromatic N) is 4. The summed E-state index contributed by atoms with van der Waals surface area (Å²) >= 11 is 0. The van der Waals surface area contributed by atoms with Gasteiger partial charge in [-0.05, 0) is 113 Å². The molecule has 0 aliphatic carbocycles. The van der Waals surface area contributed by atoms with E-state index in [2.05, 4.69) is 342 Å². The number of fused-ring (bicyclic) bond motifs is 4. The number of para-hydroxylation sites is 2. The minimum Gasteiger partial charge on any atom is -0.493 e. The molecule has 0 N–H and O–H groups in total. The molecule has 0 spiro atoms. The third kappa shape index (κ3) is 10.3. The van der Waals surface area contributed by atoms with Gasteiger partial charge in [-0.1, -0.05) is 241 Å². The van der Waals surface area contributed by atoms with Crippen molar-refractivity contribution < 1.29 is 21.1 Å². The zero-order chi connectivity index (χ0) is 58.3. The van der Waals surface area contributed by atoms with E-state index in [1.807, 2.05) is 6.20 Å². The van der Waals surface area contributed by atoms with E-state index in [0.717, 1.165) is 55.4 Å². The van der Waals surface area contributed by atoms with Crippen LogP contribution in [-0.4, -0.2) is 17.6 Å². The van der Waals surface area contributed by atoms with Crippen molar-refractivity contribution in [2.75, 3.05) is 9.80 Å². The van der Waals surface area contributed by atoms with Crippen molar-refractivity contribution in [2.45, 2.75) is 117 Å². The molecule has 6 heteroatoms. The average Bonchev–Trinajstić information content (AvgIpc) is 1.68. The standard InChI is InChI=1S/C78H77N4Si.Pt/c1-74(2,3)55-29-25-30-56(45-55)78(12,13)58-43-44-79-73(50-58)82-69-42-39-57(77(10,11)54-27-17-14-18-28-54)49-68(69)67-41-40-66(52-72(67)82)83(63-32-19-15-20-33-63,64-34-21-16-22-35-64)65-36-26-31-61(51-65)80-53-81(71-38-24-23-37-70(71)80)62-47-59(75(4,5)6)46-60(48-62)76(7,8)9;/h14-50,53H,1-13H3;/q-3;. The van der Waals surface area contributed by atoms with Crippen LogP contribution in [-0.2, 0) is 48.1 Å². The van der Waals surface area contributed by atoms with Crippen LogP contribution < -0.4 is 30.5 Å². The van der Waals surface area contributed by atoms with E-state index in [4.69, 9.17) is 4.98 Å². The zero-order valence-electron chi connectivity index (χ0n) is 51.0. The van der Waals surface area contributed by atoms with E-state index in [1.54, 1.807) is 0 Å². The van der Waals surface area contributed by atoms with Crippen LogP contribution in [0.25, 0.3) is 27.6 Å². The normalized spacial score (nSPS) is 13.3. The molecular formula is C78H77N4PtSi-3. The van der Waals surface area contributed by atoms with Gasteiger partial charge in [0.1, 0.15) is 13.9 Å². The molecule has 2 aromatic heterocycles. The Labute approximate surface area is 515 Å².